The molecule has 4 rings (SSSR count). The summed E-state index contributed by atoms with van der Waals surface area (Å²) in [5, 5.41) is 4.88. The molecule has 0 atom stereocenters. The van der Waals surface area contributed by atoms with Crippen LogP contribution in [-0.2, 0) is 11.3 Å². The summed E-state index contributed by atoms with van der Waals surface area (Å²) in [5.74, 6) is 1.55. The highest BCUT2D eigenvalue weighted by atomic mass is 19.1. The van der Waals surface area contributed by atoms with Crippen LogP contribution >= 0.6 is 0 Å². The van der Waals surface area contributed by atoms with Crippen molar-refractivity contribution >= 4 is 11.7 Å². The van der Waals surface area contributed by atoms with Gasteiger partial charge in [0.1, 0.15) is 11.6 Å². The molecule has 2 heterocycles. The van der Waals surface area contributed by atoms with Gasteiger partial charge in [-0.05, 0) is 50.4 Å². The van der Waals surface area contributed by atoms with Crippen LogP contribution in [0.15, 0.2) is 24.3 Å². The molecule has 34 heavy (non-hydrogen) atoms. The summed E-state index contributed by atoms with van der Waals surface area (Å²) in [7, 11) is 0. The van der Waals surface area contributed by atoms with Crippen molar-refractivity contribution in [1.82, 2.24) is 19.6 Å². The first-order chi connectivity index (χ1) is 16.4. The number of halogens is 1. The summed E-state index contributed by atoms with van der Waals surface area (Å²) < 4.78 is 16.0. The number of piperazine rings is 1. The minimum Gasteiger partial charge on any atom is -0.354 e. The van der Waals surface area contributed by atoms with E-state index in [4.69, 9.17) is 5.10 Å². The predicted octanol–water partition coefficient (Wildman–Crippen LogP) is 4.64. The van der Waals surface area contributed by atoms with E-state index >= 15 is 0 Å². The van der Waals surface area contributed by atoms with Crippen LogP contribution in [0.4, 0.5) is 10.2 Å². The first-order valence-electron chi connectivity index (χ1n) is 13.0. The lowest BCUT2D eigenvalue weighted by molar-refractivity contribution is -0.136. The Morgan fingerprint density at radius 3 is 2.50 bits per heavy atom. The van der Waals surface area contributed by atoms with Gasteiger partial charge in [0.05, 0.1) is 17.9 Å². The monoisotopic (exact) mass is 469 g/mol. The molecule has 1 amide bonds. The average molecular weight is 470 g/mol. The minimum atomic E-state index is -0.271. The van der Waals surface area contributed by atoms with Gasteiger partial charge in [0, 0.05) is 44.2 Å². The van der Waals surface area contributed by atoms with Gasteiger partial charge in [-0.15, -0.1) is 0 Å². The highest BCUT2D eigenvalue weighted by Crippen LogP contribution is 2.32. The molecule has 2 fully saturated rings. The van der Waals surface area contributed by atoms with E-state index in [2.05, 4.69) is 35.5 Å². The second-order valence-electron chi connectivity index (χ2n) is 10.3. The van der Waals surface area contributed by atoms with E-state index in [0.717, 1.165) is 87.7 Å². The summed E-state index contributed by atoms with van der Waals surface area (Å²) in [6, 6.07) is 6.64. The molecule has 1 saturated carbocycles. The molecule has 1 aromatic carbocycles. The normalized spacial score (nSPS) is 17.6. The summed E-state index contributed by atoms with van der Waals surface area (Å²) >= 11 is 0. The maximum atomic E-state index is 14.1. The van der Waals surface area contributed by atoms with Crippen molar-refractivity contribution in [3.8, 4) is 5.69 Å². The second kappa shape index (κ2) is 10.9. The Kier molecular flexibility index (Phi) is 7.91. The molecule has 186 valence electrons. The molecule has 1 saturated heterocycles. The zero-order chi connectivity index (χ0) is 24.2. The largest absolute Gasteiger partial charge is 0.354 e. The molecule has 1 aliphatic heterocycles. The van der Waals surface area contributed by atoms with Crippen molar-refractivity contribution in [2.45, 2.75) is 59.9 Å². The lowest BCUT2D eigenvalue weighted by atomic mass is 10.0. The number of anilines is 1. The van der Waals surface area contributed by atoms with Gasteiger partial charge < -0.3 is 14.7 Å². The van der Waals surface area contributed by atoms with E-state index in [1.54, 1.807) is 6.07 Å². The van der Waals surface area contributed by atoms with Crippen LogP contribution in [0.25, 0.3) is 5.69 Å². The fourth-order valence-electron chi connectivity index (χ4n) is 5.42. The molecular weight excluding hydrogens is 429 g/mol. The van der Waals surface area contributed by atoms with E-state index in [1.165, 1.54) is 12.1 Å². The fraction of sp³-hybridized carbons (Fsp3) is 0.630. The molecule has 1 aromatic heterocycles. The van der Waals surface area contributed by atoms with Crippen molar-refractivity contribution < 1.29 is 9.18 Å². The summed E-state index contributed by atoms with van der Waals surface area (Å²) in [4.78, 5) is 20.4. The number of hydrogen-bond acceptors (Lipinski definition) is 4. The van der Waals surface area contributed by atoms with Crippen LogP contribution in [0.1, 0.15) is 57.7 Å². The average Bonchev–Trinajstić information content (AvgIpc) is 3.47. The molecule has 6 nitrogen and oxygen atoms in total. The second-order valence-corrected chi connectivity index (χ2v) is 10.3. The number of nitrogens with zero attached hydrogens (tertiary/aromatic N) is 5. The fourth-order valence-corrected chi connectivity index (χ4v) is 5.42. The highest BCUT2D eigenvalue weighted by molar-refractivity contribution is 5.79. The van der Waals surface area contributed by atoms with Gasteiger partial charge >= 0.3 is 0 Å². The number of carbonyl (C=O) groups excluding carboxylic acids is 1. The van der Waals surface area contributed by atoms with Crippen LogP contribution < -0.4 is 4.90 Å². The SMILES string of the molecule is CCN1CCN(c2c(CN(CC(C)C)C(=O)C3CCCC3)c(C)nn2-c2cccc(F)c2)CC1. The van der Waals surface area contributed by atoms with Crippen LogP contribution in [0.3, 0.4) is 0 Å². The lowest BCUT2D eigenvalue weighted by Gasteiger charge is -2.36. The van der Waals surface area contributed by atoms with Crippen LogP contribution in [0.5, 0.6) is 0 Å². The van der Waals surface area contributed by atoms with Crippen molar-refractivity contribution in [3.05, 3.63) is 41.3 Å². The summed E-state index contributed by atoms with van der Waals surface area (Å²) in [6.07, 6.45) is 4.30. The van der Waals surface area contributed by atoms with Gasteiger partial charge in [-0.1, -0.05) is 39.7 Å². The van der Waals surface area contributed by atoms with E-state index < -0.39 is 0 Å². The third-order valence-corrected chi connectivity index (χ3v) is 7.28. The quantitative estimate of drug-likeness (QED) is 0.565. The van der Waals surface area contributed by atoms with Crippen LogP contribution in [0, 0.1) is 24.6 Å². The number of aryl methyl sites for hydroxylation is 1. The number of rotatable bonds is 8. The Bertz CT molecular complexity index is 973. The molecular formula is C27H40FN5O. The molecule has 2 aromatic rings. The molecule has 0 unspecified atom stereocenters. The molecule has 2 aliphatic rings. The third-order valence-electron chi connectivity index (χ3n) is 7.28. The summed E-state index contributed by atoms with van der Waals surface area (Å²) in [6.45, 7) is 14.6. The van der Waals surface area contributed by atoms with E-state index in [-0.39, 0.29) is 17.6 Å². The summed E-state index contributed by atoms with van der Waals surface area (Å²) in [5.41, 5.74) is 2.71. The Labute approximate surface area is 203 Å². The number of likely N-dealkylation sites (N-methyl/N-ethyl adjacent to an activating group) is 1. The standard InChI is InChI=1S/C27H40FN5O/c1-5-30-13-15-31(16-14-30)26-25(21(4)29-33(26)24-12-8-11-23(28)17-24)19-32(18-20(2)3)27(34)22-9-6-7-10-22/h8,11-12,17,20,22H,5-7,9-10,13-16,18-19H2,1-4H3. The number of amides is 1. The van der Waals surface area contributed by atoms with Crippen molar-refractivity contribution in [2.24, 2.45) is 11.8 Å². The maximum absolute atomic E-state index is 14.1. The topological polar surface area (TPSA) is 44.6 Å². The van der Waals surface area contributed by atoms with Crippen molar-refractivity contribution in [2.75, 3.05) is 44.2 Å². The maximum Gasteiger partial charge on any atom is 0.225 e. The minimum absolute atomic E-state index is 0.147. The number of benzene rings is 1. The highest BCUT2D eigenvalue weighted by Gasteiger charge is 2.31. The molecule has 0 radical (unpaired) electrons. The van der Waals surface area contributed by atoms with E-state index in [1.807, 2.05) is 17.7 Å². The Morgan fingerprint density at radius 1 is 1.18 bits per heavy atom. The van der Waals surface area contributed by atoms with Gasteiger partial charge in [-0.3, -0.25) is 4.79 Å². The number of aromatic nitrogens is 2. The molecule has 7 heteroatoms. The van der Waals surface area contributed by atoms with Crippen molar-refractivity contribution in [1.29, 1.82) is 0 Å². The van der Waals surface area contributed by atoms with Gasteiger partial charge in [0.25, 0.3) is 0 Å². The number of carbonyl (C=O) groups is 1. The van der Waals surface area contributed by atoms with E-state index in [9.17, 15) is 9.18 Å². The van der Waals surface area contributed by atoms with Gasteiger partial charge in [-0.25, -0.2) is 9.07 Å². The third kappa shape index (κ3) is 5.45. The Balaban J connectivity index is 1.72. The van der Waals surface area contributed by atoms with E-state index in [0.29, 0.717) is 12.5 Å². The smallest absolute Gasteiger partial charge is 0.225 e. The molecule has 0 bridgehead atoms. The first-order valence-corrected chi connectivity index (χ1v) is 13.0. The van der Waals surface area contributed by atoms with Gasteiger partial charge in [0.15, 0.2) is 0 Å². The molecule has 1 aliphatic carbocycles. The Hall–Kier alpha value is -2.41. The molecule has 0 spiro atoms. The van der Waals surface area contributed by atoms with Gasteiger partial charge in [-0.2, -0.15) is 5.10 Å². The predicted molar refractivity (Wildman–Crippen MR) is 135 cm³/mol. The Morgan fingerprint density at radius 2 is 1.88 bits per heavy atom. The lowest BCUT2D eigenvalue weighted by Crippen LogP contribution is -2.47. The van der Waals surface area contributed by atoms with Crippen LogP contribution in [-0.4, -0.2) is 64.8 Å². The zero-order valence-corrected chi connectivity index (χ0v) is 21.3. The number of hydrogen-bond donors (Lipinski definition) is 0. The van der Waals surface area contributed by atoms with Crippen LogP contribution in [0.2, 0.25) is 0 Å². The van der Waals surface area contributed by atoms with Crippen molar-refractivity contribution in [3.63, 3.8) is 0 Å². The zero-order valence-electron chi connectivity index (χ0n) is 21.3. The molecule has 0 N–H and O–H groups in total. The van der Waals surface area contributed by atoms with Gasteiger partial charge in [0.2, 0.25) is 5.91 Å². The first kappa shape index (κ1) is 24.7.